The van der Waals surface area contributed by atoms with E-state index in [1.165, 1.54) is 37.8 Å². The van der Waals surface area contributed by atoms with Gasteiger partial charge in [-0.25, -0.2) is 4.98 Å². The zero-order valence-corrected chi connectivity index (χ0v) is 13.3. The number of pyridine rings is 1. The highest BCUT2D eigenvalue weighted by Crippen LogP contribution is 2.36. The predicted molar refractivity (Wildman–Crippen MR) is 103 cm³/mol. The smallest absolute Gasteiger partial charge is 0.163 e. The van der Waals surface area contributed by atoms with Gasteiger partial charge in [0.2, 0.25) is 0 Å². The van der Waals surface area contributed by atoms with Gasteiger partial charge in [0.1, 0.15) is 5.52 Å². The summed E-state index contributed by atoms with van der Waals surface area (Å²) in [5.74, 6) is 0. The Morgan fingerprint density at radius 2 is 1.40 bits per heavy atom. The number of aromatic nitrogens is 3. The lowest BCUT2D eigenvalue weighted by Gasteiger charge is -2.10. The summed E-state index contributed by atoms with van der Waals surface area (Å²) in [4.78, 5) is 9.36. The van der Waals surface area contributed by atoms with Crippen LogP contribution in [0.15, 0.2) is 79.3 Å². The van der Waals surface area contributed by atoms with Crippen LogP contribution >= 0.6 is 0 Å². The number of nitrogens with zero attached hydrogens (tertiary/aromatic N) is 3. The van der Waals surface area contributed by atoms with Crippen molar-refractivity contribution in [2.24, 2.45) is 0 Å². The second-order valence-electron chi connectivity index (χ2n) is 6.37. The molecule has 116 valence electrons. The maximum Gasteiger partial charge on any atom is 0.163 e. The van der Waals surface area contributed by atoms with Gasteiger partial charge in [0.15, 0.2) is 5.65 Å². The monoisotopic (exact) mass is 319 g/mol. The Morgan fingerprint density at radius 3 is 2.32 bits per heavy atom. The van der Waals surface area contributed by atoms with Gasteiger partial charge in [0.25, 0.3) is 0 Å². The molecule has 0 spiro atoms. The molecule has 0 bridgehead atoms. The molecule has 0 aliphatic heterocycles. The molecule has 0 saturated carbocycles. The third-order valence-corrected chi connectivity index (χ3v) is 5.05. The average Bonchev–Trinajstić information content (AvgIpc) is 3.07. The van der Waals surface area contributed by atoms with Crippen LogP contribution in [0.25, 0.3) is 49.0 Å². The van der Waals surface area contributed by atoms with E-state index in [-0.39, 0.29) is 0 Å². The summed E-state index contributed by atoms with van der Waals surface area (Å²) in [6, 6.07) is 21.4. The van der Waals surface area contributed by atoms with Crippen LogP contribution in [-0.2, 0) is 0 Å². The normalized spacial score (nSPS) is 12.0. The summed E-state index contributed by atoms with van der Waals surface area (Å²) in [7, 11) is 0. The molecule has 3 heteroatoms. The number of rotatable bonds is 0. The molecule has 0 saturated heterocycles. The fourth-order valence-corrected chi connectivity index (χ4v) is 4.01. The molecule has 3 aromatic carbocycles. The molecule has 0 fully saturated rings. The van der Waals surface area contributed by atoms with Crippen molar-refractivity contribution in [1.29, 1.82) is 0 Å². The first-order valence-corrected chi connectivity index (χ1v) is 8.36. The lowest BCUT2D eigenvalue weighted by molar-refractivity contribution is 1.18. The van der Waals surface area contributed by atoms with Gasteiger partial charge >= 0.3 is 0 Å². The standard InChI is InChI=1S/C22H13N3/c1-3-7-16-14(5-1)9-10-18-19(16)20-22(24-12-11-23-20)25-13-15-6-2-4-8-17(15)21(18)25/h1-13H. The van der Waals surface area contributed by atoms with Crippen LogP contribution in [0.5, 0.6) is 0 Å². The number of hydrogen-bond donors (Lipinski definition) is 0. The van der Waals surface area contributed by atoms with Gasteiger partial charge in [-0.3, -0.25) is 9.38 Å². The molecule has 3 aromatic heterocycles. The minimum atomic E-state index is 0.901. The third kappa shape index (κ3) is 1.59. The van der Waals surface area contributed by atoms with Crippen molar-refractivity contribution in [3.8, 4) is 0 Å². The van der Waals surface area contributed by atoms with Gasteiger partial charge < -0.3 is 0 Å². The summed E-state index contributed by atoms with van der Waals surface area (Å²) < 4.78 is 2.18. The Morgan fingerprint density at radius 1 is 0.640 bits per heavy atom. The van der Waals surface area contributed by atoms with E-state index in [0.717, 1.165) is 11.2 Å². The van der Waals surface area contributed by atoms with Crippen LogP contribution in [0.2, 0.25) is 0 Å². The molecule has 0 aliphatic carbocycles. The maximum absolute atomic E-state index is 4.70. The molecular weight excluding hydrogens is 306 g/mol. The fourth-order valence-electron chi connectivity index (χ4n) is 4.01. The van der Waals surface area contributed by atoms with Gasteiger partial charge in [-0.15, -0.1) is 0 Å². The van der Waals surface area contributed by atoms with Crippen molar-refractivity contribution >= 4 is 49.0 Å². The highest BCUT2D eigenvalue weighted by molar-refractivity contribution is 6.25. The van der Waals surface area contributed by atoms with Crippen molar-refractivity contribution < 1.29 is 0 Å². The Balaban J connectivity index is 2.07. The van der Waals surface area contributed by atoms with E-state index in [0.29, 0.717) is 0 Å². The van der Waals surface area contributed by atoms with E-state index >= 15 is 0 Å². The molecule has 25 heavy (non-hydrogen) atoms. The van der Waals surface area contributed by atoms with Gasteiger partial charge in [-0.05, 0) is 10.8 Å². The fraction of sp³-hybridized carbons (Fsp3) is 0. The number of hydrogen-bond acceptors (Lipinski definition) is 2. The first kappa shape index (κ1) is 12.9. The molecule has 0 atom stereocenters. The lowest BCUT2D eigenvalue weighted by atomic mass is 10.0. The summed E-state index contributed by atoms with van der Waals surface area (Å²) >= 11 is 0. The quantitative estimate of drug-likeness (QED) is 0.354. The minimum absolute atomic E-state index is 0.901. The number of benzene rings is 3. The van der Waals surface area contributed by atoms with Crippen LogP contribution in [0.4, 0.5) is 0 Å². The lowest BCUT2D eigenvalue weighted by Crippen LogP contribution is -1.94. The summed E-state index contributed by atoms with van der Waals surface area (Å²) in [5.41, 5.74) is 3.05. The van der Waals surface area contributed by atoms with Crippen LogP contribution in [-0.4, -0.2) is 14.4 Å². The second-order valence-corrected chi connectivity index (χ2v) is 6.37. The Bertz CT molecular complexity index is 1440. The Hall–Kier alpha value is -3.46. The number of fused-ring (bicyclic) bond motifs is 10. The summed E-state index contributed by atoms with van der Waals surface area (Å²) in [6.45, 7) is 0. The maximum atomic E-state index is 4.70. The van der Waals surface area contributed by atoms with E-state index < -0.39 is 0 Å². The molecule has 0 unspecified atom stereocenters. The van der Waals surface area contributed by atoms with E-state index in [1.54, 1.807) is 12.4 Å². The van der Waals surface area contributed by atoms with Crippen LogP contribution < -0.4 is 0 Å². The second kappa shape index (κ2) is 4.54. The van der Waals surface area contributed by atoms with Gasteiger partial charge in [0.05, 0.1) is 5.52 Å². The van der Waals surface area contributed by atoms with Crippen LogP contribution in [0.1, 0.15) is 0 Å². The average molecular weight is 319 g/mol. The molecular formula is C22H13N3. The van der Waals surface area contributed by atoms with Gasteiger partial charge in [0, 0.05) is 40.1 Å². The molecule has 6 aromatic rings. The third-order valence-electron chi connectivity index (χ3n) is 5.05. The molecule has 6 rings (SSSR count). The van der Waals surface area contributed by atoms with E-state index in [4.69, 9.17) is 4.98 Å². The summed E-state index contributed by atoms with van der Waals surface area (Å²) in [6.07, 6.45) is 5.71. The topological polar surface area (TPSA) is 30.2 Å². The zero-order valence-electron chi connectivity index (χ0n) is 13.3. The first-order chi connectivity index (χ1) is 12.4. The molecule has 0 aliphatic rings. The largest absolute Gasteiger partial charge is 0.298 e. The van der Waals surface area contributed by atoms with E-state index in [1.807, 2.05) is 0 Å². The van der Waals surface area contributed by atoms with Crippen molar-refractivity contribution in [1.82, 2.24) is 14.4 Å². The zero-order chi connectivity index (χ0) is 16.4. The van der Waals surface area contributed by atoms with Crippen LogP contribution in [0.3, 0.4) is 0 Å². The van der Waals surface area contributed by atoms with E-state index in [9.17, 15) is 0 Å². The van der Waals surface area contributed by atoms with Gasteiger partial charge in [-0.1, -0.05) is 60.7 Å². The van der Waals surface area contributed by atoms with Crippen molar-refractivity contribution in [2.45, 2.75) is 0 Å². The van der Waals surface area contributed by atoms with Gasteiger partial charge in [-0.2, -0.15) is 0 Å². The highest BCUT2D eigenvalue weighted by Gasteiger charge is 2.15. The predicted octanol–water partition coefficient (Wildman–Crippen LogP) is 5.34. The first-order valence-electron chi connectivity index (χ1n) is 8.36. The van der Waals surface area contributed by atoms with Crippen LogP contribution in [0, 0.1) is 0 Å². The molecule has 0 amide bonds. The minimum Gasteiger partial charge on any atom is -0.298 e. The molecule has 0 radical (unpaired) electrons. The van der Waals surface area contributed by atoms with Crippen molar-refractivity contribution in [3.63, 3.8) is 0 Å². The Labute approximate surface area is 143 Å². The molecule has 3 nitrogen and oxygen atoms in total. The molecule has 3 heterocycles. The van der Waals surface area contributed by atoms with Crippen molar-refractivity contribution in [3.05, 3.63) is 79.3 Å². The highest BCUT2D eigenvalue weighted by atomic mass is 15.0. The Kier molecular flexibility index (Phi) is 2.35. The SMILES string of the molecule is c1ccc2c(c1)ccc1c2c2nccnc2n2cc3ccccc3c12. The molecule has 0 N–H and O–H groups in total. The van der Waals surface area contributed by atoms with Crippen molar-refractivity contribution in [2.75, 3.05) is 0 Å². The summed E-state index contributed by atoms with van der Waals surface area (Å²) in [5, 5.41) is 7.30. The van der Waals surface area contributed by atoms with E-state index in [2.05, 4.69) is 76.2 Å².